The molecule has 0 fully saturated rings. The number of hydrogen-bond donors (Lipinski definition) is 0. The third kappa shape index (κ3) is 7.24. The number of carbonyl (C=O) groups excluding carboxylic acids is 1. The minimum absolute atomic E-state index is 0.308. The summed E-state index contributed by atoms with van der Waals surface area (Å²) in [5.41, 5.74) is 7.86. The summed E-state index contributed by atoms with van der Waals surface area (Å²) >= 11 is 0. The van der Waals surface area contributed by atoms with Crippen molar-refractivity contribution in [3.63, 3.8) is 0 Å². The van der Waals surface area contributed by atoms with Gasteiger partial charge in [-0.3, -0.25) is 4.68 Å². The summed E-state index contributed by atoms with van der Waals surface area (Å²) in [5.74, 6) is 1.03. The molecule has 7 aromatic rings. The predicted molar refractivity (Wildman–Crippen MR) is 222 cm³/mol. The molecule has 0 saturated carbocycles. The fourth-order valence-electron chi connectivity index (χ4n) is 7.82. The molecule has 0 N–H and O–H groups in total. The summed E-state index contributed by atoms with van der Waals surface area (Å²) in [6.07, 6.45) is 2.57. The second-order valence-electron chi connectivity index (χ2n) is 13.8. The number of hydrogen-bond acceptors (Lipinski definition) is 7. The molecule has 0 unspecified atom stereocenters. The Bertz CT molecular complexity index is 2240. The van der Waals surface area contributed by atoms with Crippen molar-refractivity contribution in [2.75, 3.05) is 18.1 Å². The molecule has 0 aliphatic rings. The monoisotopic (exact) mass is 743 g/mol. The van der Waals surface area contributed by atoms with E-state index in [4.69, 9.17) is 20.1 Å². The Balaban J connectivity index is 1.29. The largest absolute Gasteiger partial charge is 0.462 e. The second-order valence-corrected chi connectivity index (χ2v) is 13.8. The maximum Gasteiger partial charge on any atom is 0.343 e. The molecule has 0 aliphatic carbocycles. The lowest BCUT2D eigenvalue weighted by molar-refractivity contribution is 0.0525. The lowest BCUT2D eigenvalue weighted by atomic mass is 9.77. The molecule has 284 valence electrons. The summed E-state index contributed by atoms with van der Waals surface area (Å²) in [6, 6.07) is 48.3. The van der Waals surface area contributed by atoms with Crippen LogP contribution in [0.2, 0.25) is 0 Å². The molecule has 0 spiro atoms. The maximum absolute atomic E-state index is 13.4. The van der Waals surface area contributed by atoms with E-state index < -0.39 is 5.54 Å². The number of carbonyl (C=O) groups is 1. The van der Waals surface area contributed by atoms with Gasteiger partial charge in [-0.15, -0.1) is 5.10 Å². The minimum Gasteiger partial charge on any atom is -0.462 e. The Labute approximate surface area is 329 Å². The van der Waals surface area contributed by atoms with Gasteiger partial charge in [0.25, 0.3) is 0 Å². The van der Waals surface area contributed by atoms with Crippen LogP contribution in [0.4, 0.5) is 5.82 Å². The van der Waals surface area contributed by atoms with Crippen molar-refractivity contribution < 1.29 is 9.53 Å². The fraction of sp³-hybridized carbons (Fsp3) is 0.255. The van der Waals surface area contributed by atoms with Crippen LogP contribution in [0.5, 0.6) is 0 Å². The van der Waals surface area contributed by atoms with Crippen LogP contribution in [0.25, 0.3) is 22.5 Å². The van der Waals surface area contributed by atoms with Gasteiger partial charge in [0.05, 0.1) is 12.3 Å². The number of nitrogens with zero attached hydrogens (tertiary/aromatic N) is 7. The van der Waals surface area contributed by atoms with Crippen LogP contribution < -0.4 is 4.90 Å². The number of aryl methyl sites for hydroxylation is 1. The van der Waals surface area contributed by atoms with Crippen molar-refractivity contribution in [3.05, 3.63) is 173 Å². The van der Waals surface area contributed by atoms with Gasteiger partial charge in [0.2, 0.25) is 0 Å². The summed E-state index contributed by atoms with van der Waals surface area (Å²) in [4.78, 5) is 15.6. The van der Waals surface area contributed by atoms with E-state index in [1.807, 2.05) is 40.6 Å². The van der Waals surface area contributed by atoms with E-state index in [1.165, 1.54) is 0 Å². The molecular formula is C47H49N7O2. The first-order valence-corrected chi connectivity index (χ1v) is 19.7. The highest BCUT2D eigenvalue weighted by atomic mass is 16.5. The standard InChI is InChI=1S/C47H49N7O2/c1-5-20-42-43(46(55)56-8-4)45(49-53(42)7-3)52(33-6-2)34-35-29-31-36(32-30-35)40-27-18-19-28-41(40)44-48-50-51-54(44)47(37-21-12-9-13-22-37,38-23-14-10-15-24-38)39-25-16-11-17-26-39/h9-19,21-32H,5-8,20,33-34H2,1-4H3. The number of benzene rings is 5. The van der Waals surface area contributed by atoms with E-state index in [0.717, 1.165) is 70.4 Å². The Hall–Kier alpha value is -6.35. The number of anilines is 1. The lowest BCUT2D eigenvalue weighted by Crippen LogP contribution is -2.39. The number of ether oxygens (including phenoxy) is 1. The molecule has 0 bridgehead atoms. The molecule has 0 aliphatic heterocycles. The normalized spacial score (nSPS) is 11.4. The lowest BCUT2D eigenvalue weighted by Gasteiger charge is -2.36. The summed E-state index contributed by atoms with van der Waals surface area (Å²) in [7, 11) is 0. The van der Waals surface area contributed by atoms with E-state index in [2.05, 4.69) is 146 Å². The van der Waals surface area contributed by atoms with Crippen LogP contribution in [-0.2, 0) is 29.8 Å². The van der Waals surface area contributed by atoms with E-state index in [9.17, 15) is 4.79 Å². The Morgan fingerprint density at radius 2 is 1.27 bits per heavy atom. The van der Waals surface area contributed by atoms with Crippen LogP contribution in [0.1, 0.15) is 78.8 Å². The van der Waals surface area contributed by atoms with Gasteiger partial charge in [0.1, 0.15) is 11.1 Å². The number of esters is 1. The Morgan fingerprint density at radius 3 is 1.80 bits per heavy atom. The molecular weight excluding hydrogens is 695 g/mol. The van der Waals surface area contributed by atoms with E-state index in [1.54, 1.807) is 0 Å². The molecule has 2 aromatic heterocycles. The quantitative estimate of drug-likeness (QED) is 0.0719. The van der Waals surface area contributed by atoms with Gasteiger partial charge in [-0.2, -0.15) is 5.10 Å². The average Bonchev–Trinajstić information content (AvgIpc) is 3.88. The van der Waals surface area contributed by atoms with E-state index in [-0.39, 0.29) is 5.97 Å². The third-order valence-electron chi connectivity index (χ3n) is 10.3. The molecule has 0 amide bonds. The van der Waals surface area contributed by atoms with Crippen molar-refractivity contribution in [3.8, 4) is 22.5 Å². The molecule has 5 aromatic carbocycles. The fourth-order valence-corrected chi connectivity index (χ4v) is 7.82. The molecule has 9 nitrogen and oxygen atoms in total. The Morgan fingerprint density at radius 1 is 0.696 bits per heavy atom. The highest BCUT2D eigenvalue weighted by Gasteiger charge is 2.42. The summed E-state index contributed by atoms with van der Waals surface area (Å²) in [5, 5.41) is 18.9. The van der Waals surface area contributed by atoms with Gasteiger partial charge in [0.15, 0.2) is 11.6 Å². The second kappa shape index (κ2) is 17.4. The zero-order valence-corrected chi connectivity index (χ0v) is 32.7. The van der Waals surface area contributed by atoms with Crippen molar-refractivity contribution >= 4 is 11.8 Å². The minimum atomic E-state index is -0.869. The smallest absolute Gasteiger partial charge is 0.343 e. The number of aromatic nitrogens is 6. The zero-order chi connectivity index (χ0) is 38.9. The Kier molecular flexibility index (Phi) is 11.8. The maximum atomic E-state index is 13.4. The first-order chi connectivity index (χ1) is 27.5. The molecule has 7 rings (SSSR count). The molecule has 0 radical (unpaired) electrons. The summed E-state index contributed by atoms with van der Waals surface area (Å²) in [6.45, 7) is 10.5. The van der Waals surface area contributed by atoms with Crippen LogP contribution in [0.15, 0.2) is 140 Å². The first-order valence-electron chi connectivity index (χ1n) is 19.7. The molecule has 9 heteroatoms. The topological polar surface area (TPSA) is 91.0 Å². The van der Waals surface area contributed by atoms with Crippen LogP contribution in [-0.4, -0.2) is 49.1 Å². The highest BCUT2D eigenvalue weighted by molar-refractivity contribution is 5.96. The van der Waals surface area contributed by atoms with Gasteiger partial charge in [0, 0.05) is 25.2 Å². The van der Waals surface area contributed by atoms with E-state index >= 15 is 0 Å². The van der Waals surface area contributed by atoms with Crippen LogP contribution in [0, 0.1) is 0 Å². The SMILES string of the molecule is CCCc1c(C(=O)OCC)c(N(CCC)Cc2ccc(-c3ccccc3-c3nnnn3C(c3ccccc3)(c3ccccc3)c3ccccc3)cc2)nn1CC. The van der Waals surface area contributed by atoms with Gasteiger partial charge in [-0.05, 0) is 70.5 Å². The van der Waals surface area contributed by atoms with Crippen LogP contribution in [0.3, 0.4) is 0 Å². The zero-order valence-electron chi connectivity index (χ0n) is 32.7. The molecule has 56 heavy (non-hydrogen) atoms. The predicted octanol–water partition coefficient (Wildman–Crippen LogP) is 9.61. The van der Waals surface area contributed by atoms with Crippen molar-refractivity contribution in [1.29, 1.82) is 0 Å². The summed E-state index contributed by atoms with van der Waals surface area (Å²) < 4.78 is 9.51. The molecule has 0 atom stereocenters. The van der Waals surface area contributed by atoms with Crippen LogP contribution >= 0.6 is 0 Å². The number of rotatable bonds is 16. The van der Waals surface area contributed by atoms with Crippen molar-refractivity contribution in [2.45, 2.75) is 65.6 Å². The van der Waals surface area contributed by atoms with Crippen molar-refractivity contribution in [2.24, 2.45) is 0 Å². The number of tetrazole rings is 1. The average molecular weight is 744 g/mol. The van der Waals surface area contributed by atoms with Gasteiger partial charge in [-0.25, -0.2) is 9.48 Å². The van der Waals surface area contributed by atoms with Gasteiger partial charge in [-0.1, -0.05) is 160 Å². The van der Waals surface area contributed by atoms with Gasteiger partial charge >= 0.3 is 5.97 Å². The highest BCUT2D eigenvalue weighted by Crippen LogP contribution is 2.43. The van der Waals surface area contributed by atoms with Gasteiger partial charge < -0.3 is 9.64 Å². The third-order valence-corrected chi connectivity index (χ3v) is 10.3. The molecule has 2 heterocycles. The molecule has 0 saturated heterocycles. The first kappa shape index (κ1) is 37.9. The van der Waals surface area contributed by atoms with Crippen molar-refractivity contribution in [1.82, 2.24) is 30.0 Å². The van der Waals surface area contributed by atoms with E-state index in [0.29, 0.717) is 36.9 Å².